The lowest BCUT2D eigenvalue weighted by molar-refractivity contribution is -0.307. The van der Waals surface area contributed by atoms with Crippen LogP contribution in [-0.2, 0) is 9.59 Å². The molecule has 1 unspecified atom stereocenters. The third-order valence-electron chi connectivity index (χ3n) is 3.08. The van der Waals surface area contributed by atoms with Crippen molar-refractivity contribution in [1.82, 2.24) is 0 Å². The maximum atomic E-state index is 11.7. The van der Waals surface area contributed by atoms with Crippen molar-refractivity contribution in [3.63, 3.8) is 0 Å². The summed E-state index contributed by atoms with van der Waals surface area (Å²) in [5, 5.41) is 10.6. The van der Waals surface area contributed by atoms with E-state index in [0.29, 0.717) is 12.8 Å². The molecule has 1 fully saturated rings. The third kappa shape index (κ3) is 3.47. The highest BCUT2D eigenvalue weighted by Crippen LogP contribution is 2.41. The minimum absolute atomic E-state index is 0.0240. The maximum Gasteiger partial charge on any atom is 0.159 e. The fraction of sp³-hybridized carbons (Fsp3) is 0.692. The predicted molar refractivity (Wildman–Crippen MR) is 59.6 cm³/mol. The van der Waals surface area contributed by atoms with Crippen LogP contribution in [0.2, 0.25) is 0 Å². The second kappa shape index (κ2) is 5.28. The largest absolute Gasteiger partial charge is 0.550 e. The SMILES string of the molecule is CCCC/C=C1\CC(C)(CC(=O)[O-])CC1=O. The molecule has 0 saturated heterocycles. The quantitative estimate of drug-likeness (QED) is 0.525. The lowest BCUT2D eigenvalue weighted by atomic mass is 9.85. The molecule has 0 aliphatic heterocycles. The van der Waals surface area contributed by atoms with Gasteiger partial charge in [-0.25, -0.2) is 0 Å². The van der Waals surface area contributed by atoms with E-state index in [-0.39, 0.29) is 12.2 Å². The maximum absolute atomic E-state index is 11.7. The number of carboxylic acids is 1. The Morgan fingerprint density at radius 2 is 2.19 bits per heavy atom. The highest BCUT2D eigenvalue weighted by atomic mass is 16.4. The molecule has 3 heteroatoms. The highest BCUT2D eigenvalue weighted by Gasteiger charge is 2.37. The summed E-state index contributed by atoms with van der Waals surface area (Å²) in [6.07, 6.45) is 5.99. The Hall–Kier alpha value is -1.12. The zero-order valence-electron chi connectivity index (χ0n) is 10.0. The summed E-state index contributed by atoms with van der Waals surface area (Å²) in [4.78, 5) is 22.3. The average molecular weight is 223 g/mol. The van der Waals surface area contributed by atoms with Crippen molar-refractivity contribution < 1.29 is 14.7 Å². The standard InChI is InChI=1S/C13H20O3/c1-3-4-5-6-10-7-13(2,8-11(10)14)9-12(15)16/h6H,3-5,7-9H2,1-2H3,(H,15,16)/p-1/b10-6+. The molecule has 0 aromatic heterocycles. The Morgan fingerprint density at radius 1 is 1.50 bits per heavy atom. The van der Waals surface area contributed by atoms with Gasteiger partial charge in [-0.1, -0.05) is 32.8 Å². The molecular formula is C13H19O3-. The van der Waals surface area contributed by atoms with Gasteiger partial charge in [0.25, 0.3) is 0 Å². The lowest BCUT2D eigenvalue weighted by Crippen LogP contribution is -2.29. The average Bonchev–Trinajstić information content (AvgIpc) is 2.40. The summed E-state index contributed by atoms with van der Waals surface area (Å²) >= 11 is 0. The van der Waals surface area contributed by atoms with Gasteiger partial charge in [-0.05, 0) is 30.3 Å². The fourth-order valence-electron chi connectivity index (χ4n) is 2.26. The van der Waals surface area contributed by atoms with Gasteiger partial charge in [0.15, 0.2) is 5.78 Å². The molecule has 1 rings (SSSR count). The summed E-state index contributed by atoms with van der Waals surface area (Å²) in [6, 6.07) is 0. The van der Waals surface area contributed by atoms with Gasteiger partial charge in [-0.3, -0.25) is 4.79 Å². The Balaban J connectivity index is 2.62. The second-order valence-electron chi connectivity index (χ2n) is 5.01. The van der Waals surface area contributed by atoms with Crippen LogP contribution in [0.25, 0.3) is 0 Å². The van der Waals surface area contributed by atoms with E-state index in [1.807, 2.05) is 13.0 Å². The first-order chi connectivity index (χ1) is 7.47. The van der Waals surface area contributed by atoms with E-state index in [1.54, 1.807) is 0 Å². The molecule has 0 N–H and O–H groups in total. The van der Waals surface area contributed by atoms with Gasteiger partial charge < -0.3 is 9.90 Å². The number of carboxylic acid groups (broad SMARTS) is 1. The molecule has 1 aliphatic rings. The molecule has 0 heterocycles. The Labute approximate surface area is 96.5 Å². The molecule has 0 aromatic rings. The van der Waals surface area contributed by atoms with Crippen molar-refractivity contribution >= 4 is 11.8 Å². The van der Waals surface area contributed by atoms with Gasteiger partial charge in [0.05, 0.1) is 0 Å². The zero-order chi connectivity index (χ0) is 12.2. The minimum atomic E-state index is -1.06. The molecule has 0 amide bonds. The fourth-order valence-corrected chi connectivity index (χ4v) is 2.26. The van der Waals surface area contributed by atoms with Gasteiger partial charge in [0, 0.05) is 12.4 Å². The number of hydrogen-bond acceptors (Lipinski definition) is 3. The lowest BCUT2D eigenvalue weighted by Gasteiger charge is -2.22. The second-order valence-corrected chi connectivity index (χ2v) is 5.01. The molecule has 1 atom stereocenters. The van der Waals surface area contributed by atoms with E-state index in [2.05, 4.69) is 6.92 Å². The van der Waals surface area contributed by atoms with E-state index in [9.17, 15) is 14.7 Å². The summed E-state index contributed by atoms with van der Waals surface area (Å²) in [5.74, 6) is -0.954. The van der Waals surface area contributed by atoms with Crippen LogP contribution >= 0.6 is 0 Å². The van der Waals surface area contributed by atoms with Crippen molar-refractivity contribution in [2.75, 3.05) is 0 Å². The smallest absolute Gasteiger partial charge is 0.159 e. The number of rotatable bonds is 5. The predicted octanol–water partition coefficient (Wildman–Crippen LogP) is 1.61. The first kappa shape index (κ1) is 12.9. The molecule has 16 heavy (non-hydrogen) atoms. The number of aliphatic carboxylic acids is 1. The molecule has 0 spiro atoms. The van der Waals surface area contributed by atoms with Crippen LogP contribution in [0.3, 0.4) is 0 Å². The van der Waals surface area contributed by atoms with E-state index >= 15 is 0 Å². The van der Waals surface area contributed by atoms with Gasteiger partial charge in [-0.2, -0.15) is 0 Å². The van der Waals surface area contributed by atoms with Crippen LogP contribution in [0.5, 0.6) is 0 Å². The van der Waals surface area contributed by atoms with Crippen LogP contribution in [0.15, 0.2) is 11.6 Å². The number of Topliss-reactive ketones (excluding diaryl/α,β-unsaturated/α-hetero) is 1. The highest BCUT2D eigenvalue weighted by molar-refractivity contribution is 5.98. The van der Waals surface area contributed by atoms with Gasteiger partial charge in [-0.15, -0.1) is 0 Å². The first-order valence-electron chi connectivity index (χ1n) is 5.89. The summed E-state index contributed by atoms with van der Waals surface area (Å²) in [5.41, 5.74) is 0.394. The van der Waals surface area contributed by atoms with Gasteiger partial charge >= 0.3 is 0 Å². The molecule has 0 radical (unpaired) electrons. The number of ketones is 1. The van der Waals surface area contributed by atoms with Crippen LogP contribution in [-0.4, -0.2) is 11.8 Å². The summed E-state index contributed by atoms with van der Waals surface area (Å²) < 4.78 is 0. The Bertz CT molecular complexity index is 317. The van der Waals surface area contributed by atoms with Crippen molar-refractivity contribution in [1.29, 1.82) is 0 Å². The van der Waals surface area contributed by atoms with Crippen molar-refractivity contribution in [3.8, 4) is 0 Å². The molecule has 0 bridgehead atoms. The molecule has 90 valence electrons. The zero-order valence-corrected chi connectivity index (χ0v) is 10.0. The van der Waals surface area contributed by atoms with Crippen LogP contribution in [0.1, 0.15) is 52.4 Å². The van der Waals surface area contributed by atoms with Crippen molar-refractivity contribution in [2.24, 2.45) is 5.41 Å². The monoisotopic (exact) mass is 223 g/mol. The third-order valence-corrected chi connectivity index (χ3v) is 3.08. The Morgan fingerprint density at radius 3 is 2.75 bits per heavy atom. The Kier molecular flexibility index (Phi) is 4.27. The molecule has 1 aliphatic carbocycles. The topological polar surface area (TPSA) is 57.2 Å². The number of carbonyl (C=O) groups excluding carboxylic acids is 2. The molecular weight excluding hydrogens is 204 g/mol. The van der Waals surface area contributed by atoms with Crippen LogP contribution in [0.4, 0.5) is 0 Å². The minimum Gasteiger partial charge on any atom is -0.550 e. The van der Waals surface area contributed by atoms with Crippen molar-refractivity contribution in [3.05, 3.63) is 11.6 Å². The van der Waals surface area contributed by atoms with E-state index in [0.717, 1.165) is 24.8 Å². The van der Waals surface area contributed by atoms with E-state index in [1.165, 1.54) is 0 Å². The summed E-state index contributed by atoms with van der Waals surface area (Å²) in [6.45, 7) is 3.95. The number of allylic oxidation sites excluding steroid dienone is 2. The molecule has 3 nitrogen and oxygen atoms in total. The number of unbranched alkanes of at least 4 members (excludes halogenated alkanes) is 2. The van der Waals surface area contributed by atoms with Gasteiger partial charge in [0.2, 0.25) is 0 Å². The van der Waals surface area contributed by atoms with Crippen LogP contribution in [0, 0.1) is 5.41 Å². The normalized spacial score (nSPS) is 27.6. The molecule has 0 aromatic carbocycles. The van der Waals surface area contributed by atoms with Crippen molar-refractivity contribution in [2.45, 2.75) is 52.4 Å². The van der Waals surface area contributed by atoms with E-state index < -0.39 is 11.4 Å². The first-order valence-corrected chi connectivity index (χ1v) is 5.89. The van der Waals surface area contributed by atoms with Gasteiger partial charge in [0.1, 0.15) is 0 Å². The van der Waals surface area contributed by atoms with E-state index in [4.69, 9.17) is 0 Å². The summed E-state index contributed by atoms with van der Waals surface area (Å²) in [7, 11) is 0. The number of carbonyl (C=O) groups is 2. The molecule has 1 saturated carbocycles. The van der Waals surface area contributed by atoms with Crippen LogP contribution < -0.4 is 5.11 Å². The number of hydrogen-bond donors (Lipinski definition) is 0.